The van der Waals surface area contributed by atoms with Crippen LogP contribution in [0.5, 0.6) is 0 Å². The van der Waals surface area contributed by atoms with E-state index < -0.39 is 0 Å². The van der Waals surface area contributed by atoms with Gasteiger partial charge in [-0.25, -0.2) is 0 Å². The monoisotopic (exact) mass is 362 g/mol. The summed E-state index contributed by atoms with van der Waals surface area (Å²) in [7, 11) is 1.95. The number of aryl methyl sites for hydroxylation is 1. The van der Waals surface area contributed by atoms with Crippen LogP contribution in [0.1, 0.15) is 48.8 Å². The van der Waals surface area contributed by atoms with Crippen molar-refractivity contribution in [2.24, 2.45) is 18.9 Å². The molecule has 5 heteroatoms. The van der Waals surface area contributed by atoms with Gasteiger partial charge < -0.3 is 4.90 Å². The summed E-state index contributed by atoms with van der Waals surface area (Å²) >= 11 is 0. The molecule has 3 atom stereocenters. The van der Waals surface area contributed by atoms with E-state index in [0.29, 0.717) is 11.8 Å². The van der Waals surface area contributed by atoms with Gasteiger partial charge in [0.25, 0.3) is 0 Å². The highest BCUT2D eigenvalue weighted by Gasteiger charge is 2.46. The first kappa shape index (κ1) is 16.7. The maximum Gasteiger partial charge on any atom is 0.245 e. The van der Waals surface area contributed by atoms with Gasteiger partial charge in [-0.1, -0.05) is 6.58 Å². The van der Waals surface area contributed by atoms with Crippen LogP contribution in [0.3, 0.4) is 0 Å². The molecule has 2 aromatic heterocycles. The van der Waals surface area contributed by atoms with Crippen molar-refractivity contribution in [3.8, 4) is 11.3 Å². The number of nitrogens with zero attached hydrogens (tertiary/aromatic N) is 4. The second-order valence-corrected chi connectivity index (χ2v) is 8.47. The Balaban J connectivity index is 1.48. The molecule has 0 aromatic carbocycles. The van der Waals surface area contributed by atoms with Crippen LogP contribution in [0.15, 0.2) is 37.2 Å². The van der Waals surface area contributed by atoms with Gasteiger partial charge in [0.1, 0.15) is 0 Å². The Morgan fingerprint density at radius 1 is 1.26 bits per heavy atom. The fourth-order valence-electron chi connectivity index (χ4n) is 5.11. The fraction of sp³-hybridized carbons (Fsp3) is 0.500. The van der Waals surface area contributed by atoms with Crippen LogP contribution >= 0.6 is 0 Å². The molecule has 3 aliphatic rings. The Hall–Kier alpha value is -2.43. The molecule has 2 saturated carbocycles. The topological polar surface area (TPSA) is 51.0 Å². The Labute approximate surface area is 160 Å². The molecule has 2 aliphatic carbocycles. The third-order valence-corrected chi connectivity index (χ3v) is 6.72. The largest absolute Gasteiger partial charge is 0.339 e. The lowest BCUT2D eigenvalue weighted by atomic mass is 9.90. The molecule has 3 heterocycles. The van der Waals surface area contributed by atoms with Crippen molar-refractivity contribution in [2.75, 3.05) is 13.1 Å². The lowest BCUT2D eigenvalue weighted by molar-refractivity contribution is -0.125. The average molecular weight is 362 g/mol. The first-order chi connectivity index (χ1) is 13.1. The zero-order valence-corrected chi connectivity index (χ0v) is 15.8. The third-order valence-electron chi connectivity index (χ3n) is 6.72. The Morgan fingerprint density at radius 2 is 2.07 bits per heavy atom. The first-order valence-corrected chi connectivity index (χ1v) is 10.0. The van der Waals surface area contributed by atoms with Crippen LogP contribution < -0.4 is 0 Å². The number of aromatic nitrogens is 3. The van der Waals surface area contributed by atoms with Crippen LogP contribution in [0.4, 0.5) is 0 Å². The molecule has 140 valence electrons. The second-order valence-electron chi connectivity index (χ2n) is 8.47. The van der Waals surface area contributed by atoms with E-state index in [1.807, 2.05) is 22.8 Å². The van der Waals surface area contributed by atoms with Crippen molar-refractivity contribution in [3.05, 3.63) is 48.4 Å². The Morgan fingerprint density at radius 3 is 2.78 bits per heavy atom. The first-order valence-electron chi connectivity index (χ1n) is 10.0. The fourth-order valence-corrected chi connectivity index (χ4v) is 5.11. The highest BCUT2D eigenvalue weighted by Crippen LogP contribution is 2.57. The van der Waals surface area contributed by atoms with Gasteiger partial charge in [0.15, 0.2) is 0 Å². The summed E-state index contributed by atoms with van der Waals surface area (Å²) in [6, 6.07) is 4.36. The third kappa shape index (κ3) is 2.99. The minimum atomic E-state index is 0.0200. The summed E-state index contributed by atoms with van der Waals surface area (Å²) in [5.41, 5.74) is 4.65. The molecule has 1 saturated heterocycles. The summed E-state index contributed by atoms with van der Waals surface area (Å²) in [6.45, 7) is 5.14. The average Bonchev–Trinajstić information content (AvgIpc) is 3.10. The van der Waals surface area contributed by atoms with E-state index in [2.05, 4.69) is 30.0 Å². The maximum atomic E-state index is 12.0. The van der Waals surface area contributed by atoms with E-state index in [1.165, 1.54) is 42.2 Å². The molecule has 3 unspecified atom stereocenters. The molecule has 1 aliphatic heterocycles. The predicted octanol–water partition coefficient (Wildman–Crippen LogP) is 3.50. The number of carbonyl (C=O) groups is 1. The van der Waals surface area contributed by atoms with Crippen molar-refractivity contribution in [3.63, 3.8) is 0 Å². The van der Waals surface area contributed by atoms with Crippen LogP contribution in [-0.4, -0.2) is 38.7 Å². The molecule has 5 rings (SSSR count). The molecule has 0 N–H and O–H groups in total. The SMILES string of the molecule is C=CC(=O)N1CCC(c2cnc(C3CC4CC4C3)cc2-c2ccn(C)n2)C1. The number of rotatable bonds is 4. The van der Waals surface area contributed by atoms with Gasteiger partial charge >= 0.3 is 0 Å². The standard InChI is InChI=1S/C22H26N4O/c1-3-22(27)26-7-4-14(13-26)19-12-23-21(17-9-15-8-16(15)10-17)11-18(19)20-5-6-25(2)24-20/h3,5-6,11-12,14-17H,1,4,7-10,13H2,2H3. The predicted molar refractivity (Wildman–Crippen MR) is 104 cm³/mol. The van der Waals surface area contributed by atoms with Gasteiger partial charge in [0, 0.05) is 55.6 Å². The van der Waals surface area contributed by atoms with Crippen molar-refractivity contribution in [1.29, 1.82) is 0 Å². The molecular formula is C22H26N4O. The molecule has 5 nitrogen and oxygen atoms in total. The molecular weight excluding hydrogens is 336 g/mol. The number of hydrogen-bond donors (Lipinski definition) is 0. The Kier molecular flexibility index (Phi) is 3.92. The maximum absolute atomic E-state index is 12.0. The van der Waals surface area contributed by atoms with Crippen LogP contribution in [0.2, 0.25) is 0 Å². The van der Waals surface area contributed by atoms with Crippen molar-refractivity contribution in [1.82, 2.24) is 19.7 Å². The van der Waals surface area contributed by atoms with Gasteiger partial charge in [-0.05, 0) is 61.3 Å². The zero-order valence-electron chi connectivity index (χ0n) is 15.8. The van der Waals surface area contributed by atoms with Gasteiger partial charge in [-0.2, -0.15) is 5.10 Å². The number of likely N-dealkylation sites (tertiary alicyclic amines) is 1. The Bertz CT molecular complexity index is 891. The van der Waals surface area contributed by atoms with Crippen LogP contribution in [0, 0.1) is 11.8 Å². The lowest BCUT2D eigenvalue weighted by Crippen LogP contribution is -2.26. The number of fused-ring (bicyclic) bond motifs is 1. The van der Waals surface area contributed by atoms with Gasteiger partial charge in [-0.15, -0.1) is 0 Å². The van der Waals surface area contributed by atoms with E-state index >= 15 is 0 Å². The van der Waals surface area contributed by atoms with E-state index in [-0.39, 0.29) is 5.91 Å². The zero-order chi connectivity index (χ0) is 18.5. The van der Waals surface area contributed by atoms with Crippen LogP contribution in [-0.2, 0) is 11.8 Å². The highest BCUT2D eigenvalue weighted by molar-refractivity contribution is 5.87. The molecule has 1 amide bonds. The summed E-state index contributed by atoms with van der Waals surface area (Å²) < 4.78 is 1.85. The highest BCUT2D eigenvalue weighted by atomic mass is 16.2. The summed E-state index contributed by atoms with van der Waals surface area (Å²) in [4.78, 5) is 18.8. The van der Waals surface area contributed by atoms with Gasteiger partial charge in [0.05, 0.1) is 5.69 Å². The van der Waals surface area contributed by atoms with Gasteiger partial charge in [0.2, 0.25) is 5.91 Å². The molecule has 3 fully saturated rings. The number of carbonyl (C=O) groups excluding carboxylic acids is 1. The number of hydrogen-bond acceptors (Lipinski definition) is 3. The van der Waals surface area contributed by atoms with E-state index in [9.17, 15) is 4.79 Å². The van der Waals surface area contributed by atoms with Crippen molar-refractivity contribution < 1.29 is 4.79 Å². The number of amides is 1. The summed E-state index contributed by atoms with van der Waals surface area (Å²) in [5, 5.41) is 4.67. The number of pyridine rings is 1. The van der Waals surface area contributed by atoms with E-state index in [0.717, 1.165) is 37.0 Å². The van der Waals surface area contributed by atoms with Crippen molar-refractivity contribution in [2.45, 2.75) is 37.5 Å². The minimum absolute atomic E-state index is 0.0200. The lowest BCUT2D eigenvalue weighted by Gasteiger charge is -2.19. The summed E-state index contributed by atoms with van der Waals surface area (Å²) in [5.74, 6) is 2.83. The van der Waals surface area contributed by atoms with Gasteiger partial charge in [-0.3, -0.25) is 14.5 Å². The van der Waals surface area contributed by atoms with E-state index in [4.69, 9.17) is 4.98 Å². The summed E-state index contributed by atoms with van der Waals surface area (Å²) in [6.07, 6.45) is 10.5. The molecule has 0 spiro atoms. The quantitative estimate of drug-likeness (QED) is 0.782. The molecule has 2 aromatic rings. The minimum Gasteiger partial charge on any atom is -0.339 e. The van der Waals surface area contributed by atoms with Crippen LogP contribution in [0.25, 0.3) is 11.3 Å². The molecule has 0 radical (unpaired) electrons. The van der Waals surface area contributed by atoms with E-state index in [1.54, 1.807) is 0 Å². The molecule has 27 heavy (non-hydrogen) atoms. The van der Waals surface area contributed by atoms with Crippen molar-refractivity contribution >= 4 is 5.91 Å². The normalized spacial score (nSPS) is 29.0. The second kappa shape index (κ2) is 6.32. The molecule has 0 bridgehead atoms. The smallest absolute Gasteiger partial charge is 0.245 e.